The molecule has 0 unspecified atom stereocenters. The molecule has 7 heteroatoms. The fraction of sp³-hybridized carbons (Fsp3) is 0.500. The van der Waals surface area contributed by atoms with Crippen LogP contribution in [0.25, 0.3) is 0 Å². The molecule has 0 atom stereocenters. The molecule has 11 heavy (non-hydrogen) atoms. The minimum absolute atomic E-state index is 0. The van der Waals surface area contributed by atoms with Crippen LogP contribution in [0.1, 0.15) is 8.35 Å². The van der Waals surface area contributed by atoms with Gasteiger partial charge in [0.15, 0.2) is 0 Å². The third-order valence-electron chi connectivity index (χ3n) is 0.468. The average Bonchev–Trinajstić information content (AvgIpc) is 1.60. The van der Waals surface area contributed by atoms with Crippen LogP contribution in [0, 0.1) is 0 Å². The van der Waals surface area contributed by atoms with E-state index in [1.54, 1.807) is 0 Å². The number of alkyl halides is 3. The van der Waals surface area contributed by atoms with Crippen LogP contribution in [-0.4, -0.2) is 18.1 Å². The molecule has 0 aromatic heterocycles. The Morgan fingerprint density at radius 3 is 1.82 bits per heavy atom. The van der Waals surface area contributed by atoms with E-state index >= 15 is 0 Å². The summed E-state index contributed by atoms with van der Waals surface area (Å²) in [6.45, 7) is 0.712. The van der Waals surface area contributed by atoms with Crippen molar-refractivity contribution in [2.24, 2.45) is 0 Å². The van der Waals surface area contributed by atoms with E-state index in [0.717, 1.165) is 0 Å². The molecule has 0 rings (SSSR count). The van der Waals surface area contributed by atoms with Crippen LogP contribution in [0.4, 0.5) is 13.2 Å². The molecule has 0 aromatic carbocycles. The van der Waals surface area contributed by atoms with E-state index in [9.17, 15) is 22.8 Å². The number of carbonyl (C=O) groups is 2. The SMILES string of the molecule is CC(=O)OC(=O)C(F)(F)F.[H-].[Li+]. The maximum atomic E-state index is 11.2. The van der Waals surface area contributed by atoms with Gasteiger partial charge < -0.3 is 6.16 Å². The van der Waals surface area contributed by atoms with Gasteiger partial charge in [-0.1, -0.05) is 0 Å². The van der Waals surface area contributed by atoms with Crippen molar-refractivity contribution in [2.45, 2.75) is 13.1 Å². The minimum atomic E-state index is -5.09. The zero-order valence-electron chi connectivity index (χ0n) is 6.86. The predicted octanol–water partition coefficient (Wildman–Crippen LogP) is -2.25. The quantitative estimate of drug-likeness (QED) is 0.231. The van der Waals surface area contributed by atoms with Gasteiger partial charge in [0, 0.05) is 6.92 Å². The van der Waals surface area contributed by atoms with Crippen molar-refractivity contribution >= 4 is 11.9 Å². The number of ether oxygens (including phenoxy) is 1. The van der Waals surface area contributed by atoms with Crippen LogP contribution < -0.4 is 18.9 Å². The summed E-state index contributed by atoms with van der Waals surface area (Å²) in [7, 11) is 0. The first kappa shape index (κ1) is 13.1. The Kier molecular flexibility index (Phi) is 5.27. The van der Waals surface area contributed by atoms with Crippen LogP contribution >= 0.6 is 0 Å². The van der Waals surface area contributed by atoms with Crippen molar-refractivity contribution in [3.63, 3.8) is 0 Å². The first-order valence-corrected chi connectivity index (χ1v) is 2.13. The van der Waals surface area contributed by atoms with E-state index in [1.807, 2.05) is 0 Å². The van der Waals surface area contributed by atoms with Gasteiger partial charge in [-0.05, 0) is 0 Å². The molecule has 0 saturated heterocycles. The van der Waals surface area contributed by atoms with E-state index in [0.29, 0.717) is 6.92 Å². The largest absolute Gasteiger partial charge is 1.00 e. The van der Waals surface area contributed by atoms with Crippen molar-refractivity contribution in [3.05, 3.63) is 0 Å². The number of esters is 2. The van der Waals surface area contributed by atoms with Gasteiger partial charge in [0.2, 0.25) is 0 Å². The fourth-order valence-corrected chi connectivity index (χ4v) is 0.188. The van der Waals surface area contributed by atoms with Crippen molar-refractivity contribution in [2.75, 3.05) is 0 Å². The molecule has 0 bridgehead atoms. The number of hydrogen-bond donors (Lipinski definition) is 0. The number of hydrogen-bond acceptors (Lipinski definition) is 3. The van der Waals surface area contributed by atoms with Crippen molar-refractivity contribution in [1.82, 2.24) is 0 Å². The number of halogens is 3. The molecule has 0 amide bonds. The van der Waals surface area contributed by atoms with Gasteiger partial charge in [0.25, 0.3) is 0 Å². The van der Waals surface area contributed by atoms with E-state index in [4.69, 9.17) is 0 Å². The Labute approximate surface area is 73.5 Å². The summed E-state index contributed by atoms with van der Waals surface area (Å²) < 4.78 is 36.8. The first-order valence-electron chi connectivity index (χ1n) is 2.13. The fourth-order valence-electron chi connectivity index (χ4n) is 0.188. The maximum Gasteiger partial charge on any atom is 1.00 e. The Bertz CT molecular complexity index is 169. The van der Waals surface area contributed by atoms with Crippen LogP contribution in [0.2, 0.25) is 0 Å². The summed E-state index contributed by atoms with van der Waals surface area (Å²) >= 11 is 0. The average molecular weight is 164 g/mol. The van der Waals surface area contributed by atoms with Crippen molar-refractivity contribution < 1.29 is 47.8 Å². The normalized spacial score (nSPS) is 9.82. The third-order valence-corrected chi connectivity index (χ3v) is 0.468. The van der Waals surface area contributed by atoms with Gasteiger partial charge in [0.1, 0.15) is 0 Å². The molecule has 0 spiro atoms. The van der Waals surface area contributed by atoms with Gasteiger partial charge in [-0.2, -0.15) is 13.2 Å². The third kappa shape index (κ3) is 5.95. The summed E-state index contributed by atoms with van der Waals surface area (Å²) in [6.07, 6.45) is -5.09. The summed E-state index contributed by atoms with van der Waals surface area (Å²) in [5.74, 6) is -3.76. The van der Waals surface area contributed by atoms with Crippen LogP contribution in [0.5, 0.6) is 0 Å². The summed E-state index contributed by atoms with van der Waals surface area (Å²) in [4.78, 5) is 19.5. The molecule has 0 aliphatic carbocycles. The van der Waals surface area contributed by atoms with Gasteiger partial charge in [-0.3, -0.25) is 4.79 Å². The molecular weight excluding hydrogens is 160 g/mol. The summed E-state index contributed by atoms with van der Waals surface area (Å²) in [6, 6.07) is 0. The molecule has 0 heterocycles. The molecule has 0 radical (unpaired) electrons. The number of carbonyl (C=O) groups excluding carboxylic acids is 2. The summed E-state index contributed by atoms with van der Waals surface area (Å²) in [5.41, 5.74) is 0. The molecule has 0 aliphatic heterocycles. The number of rotatable bonds is 0. The van der Waals surface area contributed by atoms with E-state index in [2.05, 4.69) is 4.74 Å². The molecule has 3 nitrogen and oxygen atoms in total. The predicted molar refractivity (Wildman–Crippen MR) is 23.9 cm³/mol. The van der Waals surface area contributed by atoms with E-state index in [1.165, 1.54) is 0 Å². The second-order valence-electron chi connectivity index (χ2n) is 1.38. The molecule has 60 valence electrons. The van der Waals surface area contributed by atoms with Crippen LogP contribution in [-0.2, 0) is 14.3 Å². The van der Waals surface area contributed by atoms with Crippen molar-refractivity contribution in [1.29, 1.82) is 0 Å². The van der Waals surface area contributed by atoms with Crippen molar-refractivity contribution in [3.8, 4) is 0 Å². The Morgan fingerprint density at radius 1 is 1.36 bits per heavy atom. The zero-order chi connectivity index (χ0) is 8.36. The second-order valence-corrected chi connectivity index (χ2v) is 1.38. The van der Waals surface area contributed by atoms with Crippen LogP contribution in [0.3, 0.4) is 0 Å². The molecule has 0 aromatic rings. The molecule has 0 N–H and O–H groups in total. The molecule has 0 saturated carbocycles. The van der Waals surface area contributed by atoms with Gasteiger partial charge >= 0.3 is 37.0 Å². The Morgan fingerprint density at radius 2 is 1.73 bits per heavy atom. The maximum absolute atomic E-state index is 11.2. The molecule has 0 aliphatic rings. The monoisotopic (exact) mass is 164 g/mol. The Balaban J connectivity index is -0.000000405. The molecule has 0 fully saturated rings. The van der Waals surface area contributed by atoms with Gasteiger partial charge in [-0.25, -0.2) is 4.79 Å². The minimum Gasteiger partial charge on any atom is -1.00 e. The summed E-state index contributed by atoms with van der Waals surface area (Å²) in [5, 5.41) is 0. The zero-order valence-corrected chi connectivity index (χ0v) is 5.86. The first-order chi connectivity index (χ1) is 4.34. The van der Waals surface area contributed by atoms with Gasteiger partial charge in [0.05, 0.1) is 0 Å². The van der Waals surface area contributed by atoms with Crippen LogP contribution in [0.15, 0.2) is 0 Å². The molecular formula is C4H4F3LiO3. The topological polar surface area (TPSA) is 43.4 Å². The van der Waals surface area contributed by atoms with Gasteiger partial charge in [-0.15, -0.1) is 0 Å². The van der Waals surface area contributed by atoms with E-state index in [-0.39, 0.29) is 20.3 Å². The smallest absolute Gasteiger partial charge is 1.00 e. The second kappa shape index (κ2) is 4.41. The van der Waals surface area contributed by atoms with E-state index < -0.39 is 18.1 Å². The standard InChI is InChI=1S/C4H3F3O3.Li.H/c1-2(8)10-3(9)4(5,6)7;;/h1H3;;/q;+1;-1. The Hall–Kier alpha value is -0.473.